The van der Waals surface area contributed by atoms with E-state index in [9.17, 15) is 19.2 Å². The fraction of sp³-hybridized carbons (Fsp3) is 0.294. The lowest BCUT2D eigenvalue weighted by atomic mass is 9.55. The first-order valence-corrected chi connectivity index (χ1v) is 14.1. The Balaban J connectivity index is 1.12. The minimum atomic E-state index is -0.739. The van der Waals surface area contributed by atoms with Crippen LogP contribution in [0.25, 0.3) is 0 Å². The highest BCUT2D eigenvalue weighted by Gasteiger charge is 2.67. The first-order chi connectivity index (χ1) is 19.4. The Morgan fingerprint density at radius 1 is 0.650 bits per heavy atom. The summed E-state index contributed by atoms with van der Waals surface area (Å²) in [6, 6.07) is 23.2. The Bertz CT molecular complexity index is 1640. The summed E-state index contributed by atoms with van der Waals surface area (Å²) >= 11 is 0. The summed E-state index contributed by atoms with van der Waals surface area (Å²) in [6.07, 6.45) is 5.01. The van der Waals surface area contributed by atoms with Gasteiger partial charge in [0.15, 0.2) is 0 Å². The molecule has 4 amide bonds. The normalized spacial score (nSPS) is 35.9. The van der Waals surface area contributed by atoms with Gasteiger partial charge >= 0.3 is 0 Å². The van der Waals surface area contributed by atoms with Crippen LogP contribution >= 0.6 is 0 Å². The van der Waals surface area contributed by atoms with Gasteiger partial charge in [-0.1, -0.05) is 66.7 Å². The zero-order chi connectivity index (χ0) is 27.1. The molecule has 0 radical (unpaired) electrons. The van der Waals surface area contributed by atoms with E-state index in [0.717, 1.165) is 28.7 Å². The maximum atomic E-state index is 14.2. The third kappa shape index (κ3) is 2.39. The summed E-state index contributed by atoms with van der Waals surface area (Å²) in [6.45, 7) is 1.92. The highest BCUT2D eigenvalue weighted by molar-refractivity contribution is 6.26. The van der Waals surface area contributed by atoms with Crippen LogP contribution in [0.5, 0.6) is 0 Å². The molecule has 3 aromatic rings. The van der Waals surface area contributed by atoms with Crippen molar-refractivity contribution < 1.29 is 19.2 Å². The van der Waals surface area contributed by atoms with Gasteiger partial charge in [-0.05, 0) is 65.6 Å². The Hall–Kier alpha value is -4.32. The molecule has 0 aromatic heterocycles. The lowest BCUT2D eigenvalue weighted by Gasteiger charge is -2.45. The van der Waals surface area contributed by atoms with Gasteiger partial charge in [0, 0.05) is 11.8 Å². The van der Waals surface area contributed by atoms with Crippen LogP contribution in [0.2, 0.25) is 0 Å². The highest BCUT2D eigenvalue weighted by Crippen LogP contribution is 2.62. The van der Waals surface area contributed by atoms with Gasteiger partial charge in [-0.2, -0.15) is 0 Å². The summed E-state index contributed by atoms with van der Waals surface area (Å²) in [5.74, 6) is -2.34. The number of allylic oxidation sites excluding steroid dienone is 2. The number of benzene rings is 3. The van der Waals surface area contributed by atoms with Gasteiger partial charge in [0.1, 0.15) is 0 Å². The molecule has 1 saturated carbocycles. The van der Waals surface area contributed by atoms with Crippen molar-refractivity contribution in [3.05, 3.63) is 107 Å². The zero-order valence-electron chi connectivity index (χ0n) is 21.9. The van der Waals surface area contributed by atoms with Crippen LogP contribution < -0.4 is 9.80 Å². The molecule has 6 nitrogen and oxygen atoms in total. The number of carbonyl (C=O) groups is 4. The molecule has 10 rings (SSSR count). The second kappa shape index (κ2) is 7.25. The minimum Gasteiger partial charge on any atom is -0.274 e. The van der Waals surface area contributed by atoms with Gasteiger partial charge < -0.3 is 0 Å². The zero-order valence-corrected chi connectivity index (χ0v) is 21.9. The average Bonchev–Trinajstić information content (AvgIpc) is 3.69. The van der Waals surface area contributed by atoms with E-state index in [1.165, 1.54) is 9.80 Å². The van der Waals surface area contributed by atoms with Crippen molar-refractivity contribution in [1.82, 2.24) is 0 Å². The maximum absolute atomic E-state index is 14.2. The average molecular weight is 527 g/mol. The molecular weight excluding hydrogens is 500 g/mol. The fourth-order valence-electron chi connectivity index (χ4n) is 9.25. The summed E-state index contributed by atoms with van der Waals surface area (Å²) in [5.41, 5.74) is 4.60. The second-order valence-electron chi connectivity index (χ2n) is 12.4. The van der Waals surface area contributed by atoms with Crippen LogP contribution in [-0.4, -0.2) is 23.6 Å². The van der Waals surface area contributed by atoms with Gasteiger partial charge in [0.05, 0.1) is 34.5 Å². The molecule has 3 aromatic carbocycles. The Morgan fingerprint density at radius 2 is 1.18 bits per heavy atom. The number of fused-ring (bicyclic) bond motifs is 5. The number of anilines is 2. The third-order valence-corrected chi connectivity index (χ3v) is 10.9. The molecule has 6 atom stereocenters. The summed E-state index contributed by atoms with van der Waals surface area (Å²) in [4.78, 5) is 58.3. The molecule has 7 aliphatic rings. The van der Waals surface area contributed by atoms with Gasteiger partial charge in [0.2, 0.25) is 23.6 Å². The largest absolute Gasteiger partial charge is 0.274 e. The number of amides is 4. The van der Waals surface area contributed by atoms with E-state index in [1.807, 2.05) is 31.2 Å². The quantitative estimate of drug-likeness (QED) is 0.356. The van der Waals surface area contributed by atoms with Crippen molar-refractivity contribution in [1.29, 1.82) is 0 Å². The van der Waals surface area contributed by atoms with E-state index in [0.29, 0.717) is 11.4 Å². The highest BCUT2D eigenvalue weighted by atomic mass is 16.2. The first-order valence-electron chi connectivity index (χ1n) is 14.1. The standard InChI is InChI=1S/C34H26N2O4/c1-34-18-14-13-17(15-18)29(34)32(39)36(33(34)40)20-8-6-7-19(16-20)35-30(37)27-25-21-9-2-3-10-22(21)26(28(27)31(35)38)24-12-5-4-11-23(24)25/h2-14,16-18,25-29H,15H2,1H3/t17-,18-,25?,26?,27-,28+,29+,34+/m0/s1. The second-order valence-corrected chi connectivity index (χ2v) is 12.4. The summed E-state index contributed by atoms with van der Waals surface area (Å²) in [7, 11) is 0. The maximum Gasteiger partial charge on any atom is 0.241 e. The van der Waals surface area contributed by atoms with E-state index in [2.05, 4.69) is 36.4 Å². The summed E-state index contributed by atoms with van der Waals surface area (Å²) < 4.78 is 0. The Morgan fingerprint density at radius 3 is 1.70 bits per heavy atom. The molecule has 0 unspecified atom stereocenters. The molecule has 6 heteroatoms. The molecule has 4 bridgehead atoms. The van der Waals surface area contributed by atoms with E-state index in [-0.39, 0.29) is 53.2 Å². The first kappa shape index (κ1) is 22.5. The third-order valence-electron chi connectivity index (χ3n) is 10.9. The predicted molar refractivity (Wildman–Crippen MR) is 147 cm³/mol. The smallest absolute Gasteiger partial charge is 0.241 e. The van der Waals surface area contributed by atoms with Crippen LogP contribution in [0, 0.1) is 35.0 Å². The molecular formula is C34H26N2O4. The number of imide groups is 2. The molecule has 40 heavy (non-hydrogen) atoms. The van der Waals surface area contributed by atoms with Gasteiger partial charge in [0.25, 0.3) is 0 Å². The molecule has 2 saturated heterocycles. The van der Waals surface area contributed by atoms with Gasteiger partial charge in [-0.15, -0.1) is 0 Å². The van der Waals surface area contributed by atoms with E-state index >= 15 is 0 Å². The number of carbonyl (C=O) groups excluding carboxylic acids is 4. The number of rotatable bonds is 2. The molecule has 0 spiro atoms. The fourth-order valence-corrected chi connectivity index (χ4v) is 9.25. The van der Waals surface area contributed by atoms with Crippen LogP contribution in [-0.2, 0) is 19.2 Å². The SMILES string of the molecule is C[C@]12C(=O)N(c3cccc(N4C(=O)[C@@H]5C6c7ccccc7C(c7ccccc76)[C@@H]5C4=O)c3)C(=O)[C@H]1[C@H]1C=C[C@H]2C1. The number of hydrogen-bond donors (Lipinski definition) is 0. The van der Waals surface area contributed by atoms with Crippen LogP contribution in [0.1, 0.15) is 47.4 Å². The molecule has 0 N–H and O–H groups in total. The van der Waals surface area contributed by atoms with Crippen molar-refractivity contribution in [3.8, 4) is 0 Å². The number of nitrogens with zero attached hydrogens (tertiary/aromatic N) is 2. The van der Waals surface area contributed by atoms with Crippen LogP contribution in [0.15, 0.2) is 84.9 Å². The van der Waals surface area contributed by atoms with E-state index in [4.69, 9.17) is 0 Å². The van der Waals surface area contributed by atoms with Crippen molar-refractivity contribution in [3.63, 3.8) is 0 Å². The van der Waals surface area contributed by atoms with Gasteiger partial charge in [-0.25, -0.2) is 9.80 Å². The molecule has 5 aliphatic carbocycles. The van der Waals surface area contributed by atoms with Crippen LogP contribution in [0.3, 0.4) is 0 Å². The molecule has 196 valence electrons. The monoisotopic (exact) mass is 526 g/mol. The lowest BCUT2D eigenvalue weighted by Crippen LogP contribution is -2.41. The Labute approximate surface area is 231 Å². The predicted octanol–water partition coefficient (Wildman–Crippen LogP) is 4.78. The van der Waals surface area contributed by atoms with Crippen molar-refractivity contribution in [2.75, 3.05) is 9.80 Å². The van der Waals surface area contributed by atoms with Crippen molar-refractivity contribution >= 4 is 35.0 Å². The van der Waals surface area contributed by atoms with Gasteiger partial charge in [-0.3, -0.25) is 19.2 Å². The molecule has 2 heterocycles. The number of hydrogen-bond acceptors (Lipinski definition) is 4. The van der Waals surface area contributed by atoms with E-state index < -0.39 is 17.3 Å². The Kier molecular flexibility index (Phi) is 4.07. The molecule has 3 fully saturated rings. The minimum absolute atomic E-state index is 0.0655. The van der Waals surface area contributed by atoms with Crippen molar-refractivity contribution in [2.45, 2.75) is 25.2 Å². The topological polar surface area (TPSA) is 74.8 Å². The van der Waals surface area contributed by atoms with E-state index in [1.54, 1.807) is 24.3 Å². The molecule has 2 aliphatic heterocycles. The van der Waals surface area contributed by atoms with Crippen LogP contribution in [0.4, 0.5) is 11.4 Å². The lowest BCUT2D eigenvalue weighted by molar-refractivity contribution is -0.127. The van der Waals surface area contributed by atoms with Crippen molar-refractivity contribution in [2.24, 2.45) is 35.0 Å². The summed E-state index contributed by atoms with van der Waals surface area (Å²) in [5, 5.41) is 0.